The molecule has 3 aromatic rings. The molecular formula is C23H23ClNO4P. The van der Waals surface area contributed by atoms with Crippen molar-refractivity contribution >= 4 is 35.2 Å². The van der Waals surface area contributed by atoms with Crippen LogP contribution in [0.1, 0.15) is 0 Å². The van der Waals surface area contributed by atoms with E-state index in [1.165, 1.54) is 7.11 Å². The number of nitrogens with one attached hydrogen (secondary N) is 1. The average molecular weight is 444 g/mol. The number of aliphatic carboxylic acids is 1. The van der Waals surface area contributed by atoms with Gasteiger partial charge in [-0.05, 0) is 36.4 Å². The molecule has 3 aromatic carbocycles. The molecule has 1 atom stereocenters. The van der Waals surface area contributed by atoms with Crippen molar-refractivity contribution in [2.24, 2.45) is 0 Å². The predicted octanol–water partition coefficient (Wildman–Crippen LogP) is -0.206. The lowest BCUT2D eigenvalue weighted by Crippen LogP contribution is -3.00. The van der Waals surface area contributed by atoms with E-state index in [1.54, 1.807) is 0 Å². The largest absolute Gasteiger partial charge is 1.00 e. The van der Waals surface area contributed by atoms with E-state index in [4.69, 9.17) is 0 Å². The van der Waals surface area contributed by atoms with Crippen molar-refractivity contribution in [3.05, 3.63) is 91.0 Å². The van der Waals surface area contributed by atoms with E-state index >= 15 is 0 Å². The minimum absolute atomic E-state index is 0. The summed E-state index contributed by atoms with van der Waals surface area (Å²) in [5.41, 5.74) is 0. The van der Waals surface area contributed by atoms with Gasteiger partial charge >= 0.3 is 12.1 Å². The molecule has 1 unspecified atom stereocenters. The van der Waals surface area contributed by atoms with E-state index in [1.807, 2.05) is 91.0 Å². The normalized spacial score (nSPS) is 11.6. The molecule has 0 aliphatic carbocycles. The van der Waals surface area contributed by atoms with E-state index in [0.29, 0.717) is 0 Å². The monoisotopic (exact) mass is 443 g/mol. The molecule has 0 saturated heterocycles. The highest BCUT2D eigenvalue weighted by molar-refractivity contribution is 7.95. The van der Waals surface area contributed by atoms with Gasteiger partial charge in [0, 0.05) is 0 Å². The summed E-state index contributed by atoms with van der Waals surface area (Å²) in [5, 5.41) is 15.5. The maximum atomic E-state index is 12.1. The third kappa shape index (κ3) is 4.99. The van der Waals surface area contributed by atoms with Crippen molar-refractivity contribution in [1.82, 2.24) is 5.32 Å². The third-order valence-electron chi connectivity index (χ3n) is 4.82. The van der Waals surface area contributed by atoms with Crippen LogP contribution in [0.15, 0.2) is 91.0 Å². The number of carbonyl (C=O) groups is 2. The number of halogens is 1. The number of amides is 1. The first-order valence-corrected chi connectivity index (χ1v) is 11.2. The first kappa shape index (κ1) is 23.4. The van der Waals surface area contributed by atoms with E-state index < -0.39 is 25.4 Å². The minimum Gasteiger partial charge on any atom is -1.00 e. The van der Waals surface area contributed by atoms with Gasteiger partial charge in [-0.3, -0.25) is 0 Å². The fraction of sp³-hybridized carbons (Fsp3) is 0.130. The van der Waals surface area contributed by atoms with Gasteiger partial charge < -0.3 is 27.6 Å². The number of alkyl carbamates (subject to hydrolysis) is 1. The van der Waals surface area contributed by atoms with E-state index in [0.717, 1.165) is 15.9 Å². The van der Waals surface area contributed by atoms with E-state index in [-0.39, 0.29) is 18.6 Å². The van der Waals surface area contributed by atoms with Crippen LogP contribution in [-0.4, -0.2) is 36.5 Å². The number of hydrogen-bond acceptors (Lipinski definition) is 3. The Morgan fingerprint density at radius 3 is 1.50 bits per heavy atom. The molecule has 0 heterocycles. The predicted molar refractivity (Wildman–Crippen MR) is 117 cm³/mol. The summed E-state index contributed by atoms with van der Waals surface area (Å²) in [5.74, 6) is -1.09. The SMILES string of the molecule is COC(=O)NC(C[P+](c1ccccc1)(c1ccccc1)c1ccccc1)C(=O)O.[Cl-]. The number of carbonyl (C=O) groups excluding carboxylic acids is 1. The van der Waals surface area contributed by atoms with Crippen LogP contribution in [0.4, 0.5) is 4.79 Å². The summed E-state index contributed by atoms with van der Waals surface area (Å²) in [6.07, 6.45) is -0.528. The maximum Gasteiger partial charge on any atom is 0.407 e. The molecule has 0 fully saturated rings. The molecule has 0 spiro atoms. The van der Waals surface area contributed by atoms with Gasteiger partial charge in [-0.15, -0.1) is 0 Å². The van der Waals surface area contributed by atoms with Crippen LogP contribution in [0, 0.1) is 0 Å². The summed E-state index contributed by atoms with van der Waals surface area (Å²) >= 11 is 0. The molecule has 30 heavy (non-hydrogen) atoms. The molecule has 0 radical (unpaired) electrons. The molecule has 3 rings (SSSR count). The van der Waals surface area contributed by atoms with Crippen LogP contribution in [-0.2, 0) is 9.53 Å². The molecule has 0 saturated carbocycles. The molecule has 7 heteroatoms. The topological polar surface area (TPSA) is 75.6 Å². The molecule has 0 aromatic heterocycles. The van der Waals surface area contributed by atoms with Gasteiger partial charge in [0.15, 0.2) is 6.04 Å². The Bertz CT molecular complexity index is 858. The van der Waals surface area contributed by atoms with Gasteiger partial charge in [0.25, 0.3) is 0 Å². The van der Waals surface area contributed by atoms with E-state index in [9.17, 15) is 14.7 Å². The van der Waals surface area contributed by atoms with Gasteiger partial charge in [-0.2, -0.15) is 0 Å². The molecule has 5 nitrogen and oxygen atoms in total. The Labute approximate surface area is 182 Å². The minimum atomic E-state index is -2.38. The molecule has 0 bridgehead atoms. The van der Waals surface area contributed by atoms with Crippen LogP contribution >= 0.6 is 7.26 Å². The van der Waals surface area contributed by atoms with E-state index in [2.05, 4.69) is 10.1 Å². The molecule has 0 aliphatic rings. The summed E-state index contributed by atoms with van der Waals surface area (Å²) in [7, 11) is -1.16. The second-order valence-corrected chi connectivity index (χ2v) is 10.1. The maximum absolute atomic E-state index is 12.1. The molecular weight excluding hydrogens is 421 g/mol. The fourth-order valence-corrected chi connectivity index (χ4v) is 7.84. The number of rotatable bonds is 7. The van der Waals surface area contributed by atoms with Gasteiger partial charge in [-0.25, -0.2) is 9.59 Å². The summed E-state index contributed by atoms with van der Waals surface area (Å²) < 4.78 is 4.66. The van der Waals surface area contributed by atoms with Crippen LogP contribution in [0.5, 0.6) is 0 Å². The Kier molecular flexibility index (Phi) is 8.40. The van der Waals surface area contributed by atoms with Crippen molar-refractivity contribution < 1.29 is 31.8 Å². The van der Waals surface area contributed by atoms with Crippen molar-refractivity contribution in [2.75, 3.05) is 13.3 Å². The molecule has 0 aliphatic heterocycles. The van der Waals surface area contributed by atoms with Crippen LogP contribution in [0.3, 0.4) is 0 Å². The number of hydrogen-bond donors (Lipinski definition) is 2. The van der Waals surface area contributed by atoms with Gasteiger partial charge in [0.2, 0.25) is 0 Å². The first-order valence-electron chi connectivity index (χ1n) is 9.20. The zero-order valence-electron chi connectivity index (χ0n) is 16.4. The molecule has 156 valence electrons. The standard InChI is InChI=1S/C23H22NO4P.ClH/c1-28-23(27)24-21(22(25)26)17-29(18-11-5-2-6-12-18,19-13-7-3-8-14-19)20-15-9-4-10-16-20;/h2-16,21H,17H2,1H3,(H-,24,25,26,27);1H. The molecule has 1 amide bonds. The number of benzene rings is 3. The van der Waals surface area contributed by atoms with Crippen LogP contribution in [0.2, 0.25) is 0 Å². The van der Waals surface area contributed by atoms with Gasteiger partial charge in [0.1, 0.15) is 29.3 Å². The summed E-state index contributed by atoms with van der Waals surface area (Å²) in [6, 6.07) is 28.7. The number of methoxy groups -OCH3 is 1. The first-order chi connectivity index (χ1) is 14.1. The Balaban J connectivity index is 0.00000320. The third-order valence-corrected chi connectivity index (χ3v) is 9.27. The second-order valence-electron chi connectivity index (χ2n) is 6.53. The lowest BCUT2D eigenvalue weighted by atomic mass is 10.3. The second kappa shape index (κ2) is 10.8. The lowest BCUT2D eigenvalue weighted by molar-refractivity contribution is -0.138. The fourth-order valence-electron chi connectivity index (χ4n) is 3.47. The van der Waals surface area contributed by atoms with Crippen molar-refractivity contribution in [3.8, 4) is 0 Å². The van der Waals surface area contributed by atoms with Gasteiger partial charge in [0.05, 0.1) is 7.11 Å². The van der Waals surface area contributed by atoms with Gasteiger partial charge in [-0.1, -0.05) is 54.6 Å². The highest BCUT2D eigenvalue weighted by Crippen LogP contribution is 2.55. The van der Waals surface area contributed by atoms with Crippen LogP contribution in [0.25, 0.3) is 0 Å². The Hall–Kier alpha value is -2.88. The zero-order chi connectivity index (χ0) is 20.7. The smallest absolute Gasteiger partial charge is 0.407 e. The Morgan fingerprint density at radius 1 is 0.833 bits per heavy atom. The number of carboxylic acids is 1. The lowest BCUT2D eigenvalue weighted by Gasteiger charge is -2.30. The van der Waals surface area contributed by atoms with Crippen LogP contribution < -0.4 is 33.6 Å². The summed E-state index contributed by atoms with van der Waals surface area (Å²) in [4.78, 5) is 23.9. The highest BCUT2D eigenvalue weighted by Gasteiger charge is 2.49. The van der Waals surface area contributed by atoms with Crippen molar-refractivity contribution in [1.29, 1.82) is 0 Å². The quantitative estimate of drug-likeness (QED) is 0.496. The highest BCUT2D eigenvalue weighted by atomic mass is 35.5. The number of ether oxygens (including phenoxy) is 1. The van der Waals surface area contributed by atoms with Crippen molar-refractivity contribution in [2.45, 2.75) is 6.04 Å². The average Bonchev–Trinajstić information content (AvgIpc) is 2.78. The van der Waals surface area contributed by atoms with Crippen molar-refractivity contribution in [3.63, 3.8) is 0 Å². The zero-order valence-corrected chi connectivity index (χ0v) is 18.1. The summed E-state index contributed by atoms with van der Waals surface area (Å²) in [6.45, 7) is 0. The number of carboxylic acid groups (broad SMARTS) is 1. The molecule has 2 N–H and O–H groups in total. The Morgan fingerprint density at radius 2 is 1.20 bits per heavy atom.